The number of ketones is 1. The number of carbonyl (C=O) groups excluding carboxylic acids is 1. The number of unbranched alkanes of at least 4 members (excludes halogenated alkanes) is 5. The van der Waals surface area contributed by atoms with E-state index >= 15 is 0 Å². The predicted molar refractivity (Wildman–Crippen MR) is 158 cm³/mol. The van der Waals surface area contributed by atoms with Gasteiger partial charge in [-0.05, 0) is 93.2 Å². The molecule has 1 aromatic rings. The second-order valence-corrected chi connectivity index (χ2v) is 9.32. The van der Waals surface area contributed by atoms with Crippen LogP contribution in [0.3, 0.4) is 0 Å². The molecule has 0 bridgehead atoms. The second-order valence-electron chi connectivity index (χ2n) is 9.32. The van der Waals surface area contributed by atoms with Crippen LogP contribution in [-0.4, -0.2) is 78.7 Å². The number of nitrogens with zero attached hydrogens (tertiary/aromatic N) is 4. The molecule has 0 atom stereocenters. The minimum atomic E-state index is -0.839. The van der Waals surface area contributed by atoms with Gasteiger partial charge in [-0.15, -0.1) is 0 Å². The van der Waals surface area contributed by atoms with Gasteiger partial charge in [0, 0.05) is 19.8 Å². The number of rotatable bonds is 25. The van der Waals surface area contributed by atoms with Crippen LogP contribution >= 0.6 is 0 Å². The highest BCUT2D eigenvalue weighted by atomic mass is 16.6. The van der Waals surface area contributed by atoms with E-state index in [-0.39, 0.29) is 18.6 Å². The first kappa shape index (κ1) is 35.7. The Balaban J connectivity index is 2.54. The van der Waals surface area contributed by atoms with E-state index in [9.17, 15) is 14.4 Å². The van der Waals surface area contributed by atoms with Crippen LogP contribution in [0.4, 0.5) is 0 Å². The lowest BCUT2D eigenvalue weighted by atomic mass is 10.1. The zero-order valence-corrected chi connectivity index (χ0v) is 24.4. The summed E-state index contributed by atoms with van der Waals surface area (Å²) in [6.45, 7) is 4.60. The highest BCUT2D eigenvalue weighted by Gasteiger charge is 2.01. The quantitative estimate of drug-likeness (QED) is 0.0920. The highest BCUT2D eigenvalue weighted by molar-refractivity contribution is 6.37. The average Bonchev–Trinajstić information content (AvgIpc) is 2.94. The molecule has 0 saturated heterocycles. The van der Waals surface area contributed by atoms with Crippen molar-refractivity contribution in [1.29, 1.82) is 0 Å². The second kappa shape index (κ2) is 23.4. The zero-order chi connectivity index (χ0) is 30.8. The summed E-state index contributed by atoms with van der Waals surface area (Å²) >= 11 is 0. The summed E-state index contributed by atoms with van der Waals surface area (Å²) in [6, 6.07) is 5.50. The molecule has 0 aliphatic heterocycles. The first-order valence-electron chi connectivity index (χ1n) is 14.0. The lowest BCUT2D eigenvalue weighted by Crippen LogP contribution is -2.05. The van der Waals surface area contributed by atoms with Gasteiger partial charge in [-0.1, -0.05) is 20.6 Å². The van der Waals surface area contributed by atoms with Gasteiger partial charge in [-0.3, -0.25) is 14.4 Å². The largest absolute Gasteiger partial charge is 0.481 e. The molecular weight excluding hydrogens is 548 g/mol. The van der Waals surface area contributed by atoms with E-state index in [4.69, 9.17) is 29.6 Å². The van der Waals surface area contributed by atoms with Gasteiger partial charge < -0.3 is 29.6 Å². The molecule has 0 aliphatic rings. The van der Waals surface area contributed by atoms with Crippen molar-refractivity contribution >= 4 is 42.1 Å². The fourth-order valence-electron chi connectivity index (χ4n) is 3.16. The molecular formula is C29H42N4O9. The van der Waals surface area contributed by atoms with Crippen molar-refractivity contribution in [1.82, 2.24) is 0 Å². The number of hydrogen-bond acceptors (Lipinski definition) is 11. The van der Waals surface area contributed by atoms with Crippen molar-refractivity contribution in [2.45, 2.75) is 78.1 Å². The van der Waals surface area contributed by atoms with E-state index in [2.05, 4.69) is 20.6 Å². The Hall–Kier alpha value is -4.29. The van der Waals surface area contributed by atoms with Gasteiger partial charge in [-0.2, -0.15) is 0 Å². The molecule has 0 heterocycles. The van der Waals surface area contributed by atoms with Crippen LogP contribution in [-0.2, 0) is 33.7 Å². The maximum absolute atomic E-state index is 11.1. The lowest BCUT2D eigenvalue weighted by molar-refractivity contribution is -0.138. The van der Waals surface area contributed by atoms with Crippen molar-refractivity contribution < 1.29 is 43.9 Å². The van der Waals surface area contributed by atoms with Gasteiger partial charge in [-0.25, -0.2) is 0 Å². The van der Waals surface area contributed by atoms with Gasteiger partial charge in [0.1, 0.15) is 32.1 Å². The first-order chi connectivity index (χ1) is 20.3. The van der Waals surface area contributed by atoms with E-state index in [0.29, 0.717) is 57.8 Å². The fraction of sp³-hybridized carbons (Fsp3) is 0.552. The standard InChI is InChI=1S/C29H42N4O9/c1-23(24(2)34)33-42-16-8-4-3-7-13-39-30-20-25-17-26(21-31-40-14-9-5-11-28(35)36)19-27(18-25)22-32-41-15-10-6-12-29(37)38/h17-22H,3-16H2,1-2H3,(H,35,36)(H,37,38)/b30-20-,31-21-,32-22+,33-23-. The molecule has 0 amide bonds. The van der Waals surface area contributed by atoms with Crippen LogP contribution in [0.25, 0.3) is 0 Å². The molecule has 0 fully saturated rings. The van der Waals surface area contributed by atoms with Gasteiger partial charge in [0.05, 0.1) is 18.6 Å². The minimum absolute atomic E-state index is 0.0915. The summed E-state index contributed by atoms with van der Waals surface area (Å²) in [4.78, 5) is 53.2. The van der Waals surface area contributed by atoms with E-state index in [1.54, 1.807) is 13.1 Å². The molecule has 13 heteroatoms. The highest BCUT2D eigenvalue weighted by Crippen LogP contribution is 2.08. The molecule has 0 aliphatic carbocycles. The Morgan fingerprint density at radius 3 is 1.31 bits per heavy atom. The average molecular weight is 591 g/mol. The van der Waals surface area contributed by atoms with Crippen molar-refractivity contribution in [3.8, 4) is 0 Å². The SMILES string of the molecule is CC(=O)/C(C)=N\OCCCCCCO/N=C\c1cc(/C=N\OCCCCC(=O)O)cc(/C=N/OCCCCC(=O)O)c1. The fourth-order valence-corrected chi connectivity index (χ4v) is 3.16. The number of hydrogen-bond donors (Lipinski definition) is 2. The Bertz CT molecular complexity index is 1020. The first-order valence-corrected chi connectivity index (χ1v) is 14.0. The van der Waals surface area contributed by atoms with Gasteiger partial charge >= 0.3 is 11.9 Å². The third-order valence-electron chi connectivity index (χ3n) is 5.51. The molecule has 0 aromatic heterocycles. The predicted octanol–water partition coefficient (Wildman–Crippen LogP) is 4.79. The Morgan fingerprint density at radius 1 is 0.595 bits per heavy atom. The lowest BCUT2D eigenvalue weighted by Gasteiger charge is -2.03. The molecule has 0 saturated carbocycles. The zero-order valence-electron chi connectivity index (χ0n) is 24.4. The molecule has 0 spiro atoms. The van der Waals surface area contributed by atoms with Crippen LogP contribution in [0.5, 0.6) is 0 Å². The van der Waals surface area contributed by atoms with Gasteiger partial charge in [0.25, 0.3) is 0 Å². The number of oxime groups is 4. The maximum atomic E-state index is 11.1. The number of carboxylic acid groups (broad SMARTS) is 2. The summed E-state index contributed by atoms with van der Waals surface area (Å²) in [5.41, 5.74) is 2.53. The van der Waals surface area contributed by atoms with Gasteiger partial charge in [0.2, 0.25) is 0 Å². The Morgan fingerprint density at radius 2 is 0.952 bits per heavy atom. The Kier molecular flexibility index (Phi) is 19.9. The molecule has 1 aromatic carbocycles. The number of Topliss-reactive ketones (excluding diaryl/α,β-unsaturated/α-hetero) is 1. The third kappa shape index (κ3) is 20.6. The summed E-state index contributed by atoms with van der Waals surface area (Å²) < 4.78 is 0. The van der Waals surface area contributed by atoms with Crippen molar-refractivity contribution in [2.75, 3.05) is 26.4 Å². The molecule has 13 nitrogen and oxygen atoms in total. The Labute approximate surface area is 246 Å². The third-order valence-corrected chi connectivity index (χ3v) is 5.51. The number of benzene rings is 1. The smallest absolute Gasteiger partial charge is 0.303 e. The summed E-state index contributed by atoms with van der Waals surface area (Å²) in [5, 5.41) is 33.1. The minimum Gasteiger partial charge on any atom is -0.481 e. The number of carbonyl (C=O) groups is 3. The summed E-state index contributed by atoms with van der Waals surface area (Å²) in [6.07, 6.45) is 10.6. The topological polar surface area (TPSA) is 178 Å². The summed E-state index contributed by atoms with van der Waals surface area (Å²) in [7, 11) is 0. The van der Waals surface area contributed by atoms with Crippen molar-refractivity contribution in [2.24, 2.45) is 20.6 Å². The van der Waals surface area contributed by atoms with E-state index in [0.717, 1.165) is 42.4 Å². The molecule has 2 N–H and O–H groups in total. The van der Waals surface area contributed by atoms with Crippen molar-refractivity contribution in [3.05, 3.63) is 34.9 Å². The molecule has 42 heavy (non-hydrogen) atoms. The molecule has 1 rings (SSSR count). The van der Waals surface area contributed by atoms with E-state index in [1.807, 2.05) is 18.2 Å². The van der Waals surface area contributed by atoms with Crippen LogP contribution in [0.1, 0.15) is 94.7 Å². The normalized spacial score (nSPS) is 11.8. The number of carboxylic acids is 2. The van der Waals surface area contributed by atoms with Crippen LogP contribution in [0.15, 0.2) is 38.8 Å². The van der Waals surface area contributed by atoms with Crippen LogP contribution in [0, 0.1) is 0 Å². The van der Waals surface area contributed by atoms with Crippen LogP contribution in [0.2, 0.25) is 0 Å². The molecule has 232 valence electrons. The van der Waals surface area contributed by atoms with E-state index < -0.39 is 11.9 Å². The summed E-state index contributed by atoms with van der Waals surface area (Å²) in [5.74, 6) is -1.79. The molecule has 0 radical (unpaired) electrons. The van der Waals surface area contributed by atoms with E-state index in [1.165, 1.54) is 19.4 Å². The van der Waals surface area contributed by atoms with Crippen molar-refractivity contribution in [3.63, 3.8) is 0 Å². The maximum Gasteiger partial charge on any atom is 0.303 e. The van der Waals surface area contributed by atoms with Crippen LogP contribution < -0.4 is 0 Å². The monoisotopic (exact) mass is 590 g/mol. The van der Waals surface area contributed by atoms with Gasteiger partial charge in [0.15, 0.2) is 5.78 Å². The number of aliphatic carboxylic acids is 2. The molecule has 0 unspecified atom stereocenters.